The van der Waals surface area contributed by atoms with E-state index in [1.165, 1.54) is 6.26 Å². The highest BCUT2D eigenvalue weighted by atomic mass is 35.5. The predicted octanol–water partition coefficient (Wildman–Crippen LogP) is 2.77. The van der Waals surface area contributed by atoms with Gasteiger partial charge in [0.05, 0.1) is 6.26 Å². The number of carbonyl (C=O) groups excluding carboxylic acids is 1. The van der Waals surface area contributed by atoms with Gasteiger partial charge in [0.2, 0.25) is 0 Å². The van der Waals surface area contributed by atoms with Gasteiger partial charge < -0.3 is 14.1 Å². The van der Waals surface area contributed by atoms with Crippen LogP contribution in [-0.2, 0) is 0 Å². The third-order valence-electron chi connectivity index (χ3n) is 3.88. The lowest BCUT2D eigenvalue weighted by molar-refractivity contribution is 0.0590. The third-order valence-corrected chi connectivity index (χ3v) is 4.13. The molecule has 0 bridgehead atoms. The number of amides is 1. The van der Waals surface area contributed by atoms with E-state index in [0.717, 1.165) is 25.4 Å². The number of halogens is 1. The van der Waals surface area contributed by atoms with Crippen LogP contribution in [0.1, 0.15) is 10.6 Å². The maximum Gasteiger partial charge on any atom is 0.289 e. The smallest absolute Gasteiger partial charge is 0.289 e. The molecular weight excluding hydrogens is 316 g/mol. The Morgan fingerprint density at radius 1 is 1.13 bits per heavy atom. The molecule has 6 heteroatoms. The van der Waals surface area contributed by atoms with Crippen LogP contribution in [0.3, 0.4) is 0 Å². The zero-order chi connectivity index (χ0) is 16.1. The first-order valence-electron chi connectivity index (χ1n) is 7.66. The SMILES string of the molecule is O=C(c1ccco1)N1CCN(CCOc2ccc(Cl)cc2)CC1. The highest BCUT2D eigenvalue weighted by Gasteiger charge is 2.23. The number of carbonyl (C=O) groups is 1. The van der Waals surface area contributed by atoms with E-state index in [2.05, 4.69) is 4.90 Å². The van der Waals surface area contributed by atoms with Crippen molar-refractivity contribution < 1.29 is 13.9 Å². The zero-order valence-corrected chi connectivity index (χ0v) is 13.5. The molecule has 5 nitrogen and oxygen atoms in total. The molecule has 0 spiro atoms. The molecule has 0 N–H and O–H groups in total. The van der Waals surface area contributed by atoms with E-state index in [9.17, 15) is 4.79 Å². The number of piperazine rings is 1. The minimum atomic E-state index is -0.0351. The van der Waals surface area contributed by atoms with Crippen LogP contribution in [0.4, 0.5) is 0 Å². The summed E-state index contributed by atoms with van der Waals surface area (Å²) in [5, 5.41) is 0.703. The van der Waals surface area contributed by atoms with Crippen LogP contribution < -0.4 is 4.74 Å². The molecule has 0 aliphatic carbocycles. The minimum absolute atomic E-state index is 0.0351. The summed E-state index contributed by atoms with van der Waals surface area (Å²) in [6.45, 7) is 4.56. The summed E-state index contributed by atoms with van der Waals surface area (Å²) >= 11 is 5.84. The fourth-order valence-corrected chi connectivity index (χ4v) is 2.68. The van der Waals surface area contributed by atoms with Crippen molar-refractivity contribution in [3.05, 3.63) is 53.4 Å². The normalized spacial score (nSPS) is 15.6. The van der Waals surface area contributed by atoms with Gasteiger partial charge in [0.15, 0.2) is 5.76 Å². The van der Waals surface area contributed by atoms with Crippen molar-refractivity contribution in [2.45, 2.75) is 0 Å². The molecule has 1 aromatic heterocycles. The molecule has 1 amide bonds. The number of nitrogens with zero attached hydrogens (tertiary/aromatic N) is 2. The Labute approximate surface area is 140 Å². The Kier molecular flexibility index (Phi) is 5.20. The molecule has 1 aliphatic rings. The average molecular weight is 335 g/mol. The van der Waals surface area contributed by atoms with Crippen LogP contribution >= 0.6 is 11.6 Å². The Balaban J connectivity index is 1.39. The molecule has 1 saturated heterocycles. The predicted molar refractivity (Wildman–Crippen MR) is 88.0 cm³/mol. The van der Waals surface area contributed by atoms with Gasteiger partial charge in [-0.05, 0) is 36.4 Å². The van der Waals surface area contributed by atoms with Crippen LogP contribution in [0.25, 0.3) is 0 Å². The van der Waals surface area contributed by atoms with Gasteiger partial charge in [0.1, 0.15) is 12.4 Å². The first-order chi connectivity index (χ1) is 11.2. The van der Waals surface area contributed by atoms with Crippen molar-refractivity contribution in [1.82, 2.24) is 9.80 Å². The van der Waals surface area contributed by atoms with Crippen LogP contribution in [0.5, 0.6) is 5.75 Å². The summed E-state index contributed by atoms with van der Waals surface area (Å²) in [4.78, 5) is 16.3. The number of hydrogen-bond acceptors (Lipinski definition) is 4. The Bertz CT molecular complexity index is 620. The van der Waals surface area contributed by atoms with Gasteiger partial charge >= 0.3 is 0 Å². The number of ether oxygens (including phenoxy) is 1. The molecule has 2 heterocycles. The number of furan rings is 1. The molecule has 3 rings (SSSR count). The maximum atomic E-state index is 12.2. The molecule has 2 aromatic rings. The van der Waals surface area contributed by atoms with Crippen molar-refractivity contribution in [2.75, 3.05) is 39.3 Å². The van der Waals surface area contributed by atoms with E-state index >= 15 is 0 Å². The van der Waals surface area contributed by atoms with E-state index in [0.29, 0.717) is 30.5 Å². The molecular formula is C17H19ClN2O3. The molecule has 1 aliphatic heterocycles. The van der Waals surface area contributed by atoms with Gasteiger partial charge in [-0.1, -0.05) is 11.6 Å². The molecule has 122 valence electrons. The monoisotopic (exact) mass is 334 g/mol. The second-order valence-electron chi connectivity index (χ2n) is 5.41. The third kappa shape index (κ3) is 4.27. The van der Waals surface area contributed by atoms with Gasteiger partial charge in [-0.2, -0.15) is 0 Å². The minimum Gasteiger partial charge on any atom is -0.492 e. The molecule has 0 unspecified atom stereocenters. The standard InChI is InChI=1S/C17H19ClN2O3/c18-14-3-5-15(6-4-14)22-13-11-19-7-9-20(10-8-19)17(21)16-2-1-12-23-16/h1-6,12H,7-11,13H2. The van der Waals surface area contributed by atoms with Crippen LogP contribution in [-0.4, -0.2) is 55.0 Å². The summed E-state index contributed by atoms with van der Waals surface area (Å²) in [6.07, 6.45) is 1.53. The second-order valence-corrected chi connectivity index (χ2v) is 5.85. The first-order valence-corrected chi connectivity index (χ1v) is 8.04. The zero-order valence-electron chi connectivity index (χ0n) is 12.8. The van der Waals surface area contributed by atoms with Gasteiger partial charge in [-0.15, -0.1) is 0 Å². The second kappa shape index (κ2) is 7.53. The van der Waals surface area contributed by atoms with Gasteiger partial charge in [0.25, 0.3) is 5.91 Å². The number of rotatable bonds is 5. The van der Waals surface area contributed by atoms with E-state index in [1.807, 2.05) is 29.2 Å². The Morgan fingerprint density at radius 2 is 1.87 bits per heavy atom. The van der Waals surface area contributed by atoms with Crippen molar-refractivity contribution in [3.63, 3.8) is 0 Å². The Morgan fingerprint density at radius 3 is 2.52 bits per heavy atom. The molecule has 0 atom stereocenters. The van der Waals surface area contributed by atoms with Crippen molar-refractivity contribution in [3.8, 4) is 5.75 Å². The maximum absolute atomic E-state index is 12.2. The molecule has 1 fully saturated rings. The topological polar surface area (TPSA) is 45.9 Å². The van der Waals surface area contributed by atoms with Crippen LogP contribution in [0.2, 0.25) is 5.02 Å². The largest absolute Gasteiger partial charge is 0.492 e. The van der Waals surface area contributed by atoms with Crippen LogP contribution in [0.15, 0.2) is 47.1 Å². The van der Waals surface area contributed by atoms with E-state index in [4.69, 9.17) is 20.8 Å². The van der Waals surface area contributed by atoms with Crippen LogP contribution in [0, 0.1) is 0 Å². The lowest BCUT2D eigenvalue weighted by atomic mass is 10.3. The fraction of sp³-hybridized carbons (Fsp3) is 0.353. The summed E-state index contributed by atoms with van der Waals surface area (Å²) in [5.41, 5.74) is 0. The Hall–Kier alpha value is -1.98. The first kappa shape index (κ1) is 15.9. The highest BCUT2D eigenvalue weighted by molar-refractivity contribution is 6.30. The molecule has 0 radical (unpaired) electrons. The molecule has 0 saturated carbocycles. The number of hydrogen-bond donors (Lipinski definition) is 0. The average Bonchev–Trinajstić information content (AvgIpc) is 3.11. The van der Waals surface area contributed by atoms with Crippen molar-refractivity contribution >= 4 is 17.5 Å². The molecule has 23 heavy (non-hydrogen) atoms. The van der Waals surface area contributed by atoms with E-state index in [-0.39, 0.29) is 5.91 Å². The molecule has 1 aromatic carbocycles. The van der Waals surface area contributed by atoms with Gasteiger partial charge in [-0.3, -0.25) is 9.69 Å². The van der Waals surface area contributed by atoms with Crippen molar-refractivity contribution in [2.24, 2.45) is 0 Å². The number of benzene rings is 1. The quantitative estimate of drug-likeness (QED) is 0.843. The summed E-state index contributed by atoms with van der Waals surface area (Å²) < 4.78 is 10.9. The highest BCUT2D eigenvalue weighted by Crippen LogP contribution is 2.15. The lowest BCUT2D eigenvalue weighted by Crippen LogP contribution is -2.49. The van der Waals surface area contributed by atoms with Gasteiger partial charge in [0, 0.05) is 37.7 Å². The summed E-state index contributed by atoms with van der Waals surface area (Å²) in [6, 6.07) is 10.8. The summed E-state index contributed by atoms with van der Waals surface area (Å²) in [7, 11) is 0. The summed E-state index contributed by atoms with van der Waals surface area (Å²) in [5.74, 6) is 1.19. The lowest BCUT2D eigenvalue weighted by Gasteiger charge is -2.34. The van der Waals surface area contributed by atoms with Crippen molar-refractivity contribution in [1.29, 1.82) is 0 Å². The van der Waals surface area contributed by atoms with E-state index < -0.39 is 0 Å². The van der Waals surface area contributed by atoms with Gasteiger partial charge in [-0.25, -0.2) is 0 Å². The fourth-order valence-electron chi connectivity index (χ4n) is 2.55. The van der Waals surface area contributed by atoms with E-state index in [1.54, 1.807) is 12.1 Å².